The molecule has 124 valence electrons. The van der Waals surface area contributed by atoms with E-state index in [4.69, 9.17) is 5.14 Å². The monoisotopic (exact) mass is 345 g/mol. The molecule has 5 nitrogen and oxygen atoms in total. The maximum Gasteiger partial charge on any atom is 0.433 e. The van der Waals surface area contributed by atoms with Crippen molar-refractivity contribution in [3.05, 3.63) is 53.7 Å². The zero-order valence-electron chi connectivity index (χ0n) is 12.0. The highest BCUT2D eigenvalue weighted by Crippen LogP contribution is 2.29. The number of halogens is 3. The summed E-state index contributed by atoms with van der Waals surface area (Å²) in [7, 11) is -3.85. The highest BCUT2D eigenvalue weighted by Gasteiger charge is 2.32. The van der Waals surface area contributed by atoms with Gasteiger partial charge in [0.15, 0.2) is 0 Å². The second-order valence-electron chi connectivity index (χ2n) is 4.89. The smallest absolute Gasteiger partial charge is 0.364 e. The Labute approximate surface area is 131 Å². The molecule has 1 atom stereocenters. The molecule has 0 unspecified atom stereocenters. The third-order valence-electron chi connectivity index (χ3n) is 3.09. The Morgan fingerprint density at radius 2 is 1.83 bits per heavy atom. The van der Waals surface area contributed by atoms with E-state index in [1.807, 2.05) is 0 Å². The maximum absolute atomic E-state index is 12.6. The second-order valence-corrected chi connectivity index (χ2v) is 6.45. The van der Waals surface area contributed by atoms with Crippen LogP contribution in [0.3, 0.4) is 0 Å². The van der Waals surface area contributed by atoms with Crippen LogP contribution in [-0.4, -0.2) is 13.4 Å². The minimum atomic E-state index is -4.53. The fraction of sp³-hybridized carbons (Fsp3) is 0.214. The number of alkyl halides is 3. The molecular formula is C14H14F3N3O2S. The molecule has 1 heterocycles. The van der Waals surface area contributed by atoms with Gasteiger partial charge in [-0.3, -0.25) is 0 Å². The topological polar surface area (TPSA) is 85.1 Å². The minimum Gasteiger partial charge on any atom is -0.364 e. The van der Waals surface area contributed by atoms with Gasteiger partial charge in [-0.1, -0.05) is 18.2 Å². The Morgan fingerprint density at radius 3 is 2.43 bits per heavy atom. The number of anilines is 1. The molecule has 2 aromatic rings. The molecule has 0 bridgehead atoms. The van der Waals surface area contributed by atoms with E-state index in [0.717, 1.165) is 6.07 Å². The summed E-state index contributed by atoms with van der Waals surface area (Å²) in [6.45, 7) is 1.67. The van der Waals surface area contributed by atoms with E-state index in [-0.39, 0.29) is 10.7 Å². The van der Waals surface area contributed by atoms with Crippen molar-refractivity contribution in [2.24, 2.45) is 5.14 Å². The van der Waals surface area contributed by atoms with Crippen LogP contribution >= 0.6 is 0 Å². The summed E-state index contributed by atoms with van der Waals surface area (Å²) in [6.07, 6.45) is -4.53. The second kappa shape index (κ2) is 6.17. The fourth-order valence-electron chi connectivity index (χ4n) is 1.94. The van der Waals surface area contributed by atoms with Crippen molar-refractivity contribution in [1.29, 1.82) is 0 Å². The van der Waals surface area contributed by atoms with Crippen LogP contribution in [0.25, 0.3) is 0 Å². The fourth-order valence-corrected chi connectivity index (χ4v) is 2.51. The third kappa shape index (κ3) is 4.42. The van der Waals surface area contributed by atoms with E-state index in [1.165, 1.54) is 30.3 Å². The van der Waals surface area contributed by atoms with Crippen LogP contribution in [0.4, 0.5) is 19.0 Å². The number of hydrogen-bond acceptors (Lipinski definition) is 4. The van der Waals surface area contributed by atoms with Crippen LogP contribution in [-0.2, 0) is 16.2 Å². The predicted molar refractivity (Wildman–Crippen MR) is 79.1 cm³/mol. The zero-order valence-corrected chi connectivity index (χ0v) is 12.8. The van der Waals surface area contributed by atoms with Crippen molar-refractivity contribution in [3.8, 4) is 0 Å². The third-order valence-corrected chi connectivity index (χ3v) is 4.00. The van der Waals surface area contributed by atoms with E-state index in [1.54, 1.807) is 13.0 Å². The van der Waals surface area contributed by atoms with Crippen molar-refractivity contribution in [3.63, 3.8) is 0 Å². The van der Waals surface area contributed by atoms with Gasteiger partial charge in [0.05, 0.1) is 4.90 Å². The van der Waals surface area contributed by atoms with Crippen molar-refractivity contribution >= 4 is 15.8 Å². The molecule has 1 aromatic heterocycles. The Hall–Kier alpha value is -2.13. The lowest BCUT2D eigenvalue weighted by molar-refractivity contribution is -0.141. The molecule has 0 saturated carbocycles. The van der Waals surface area contributed by atoms with Gasteiger partial charge in [0, 0.05) is 6.04 Å². The first-order valence-electron chi connectivity index (χ1n) is 6.51. The number of nitrogens with two attached hydrogens (primary N) is 1. The first kappa shape index (κ1) is 17.2. The Kier molecular flexibility index (Phi) is 4.62. The number of primary sulfonamides is 1. The number of hydrogen-bond donors (Lipinski definition) is 2. The largest absolute Gasteiger partial charge is 0.433 e. The SMILES string of the molecule is C[C@H](Nc1cccc(C(F)(F)F)n1)c1cccc(S(N)(=O)=O)c1. The van der Waals surface area contributed by atoms with E-state index in [9.17, 15) is 21.6 Å². The van der Waals surface area contributed by atoms with Gasteiger partial charge in [-0.2, -0.15) is 13.2 Å². The van der Waals surface area contributed by atoms with Gasteiger partial charge in [-0.05, 0) is 36.8 Å². The number of nitrogens with zero attached hydrogens (tertiary/aromatic N) is 1. The summed E-state index contributed by atoms with van der Waals surface area (Å²) in [6, 6.07) is 8.90. The van der Waals surface area contributed by atoms with Crippen LogP contribution < -0.4 is 10.5 Å². The van der Waals surface area contributed by atoms with Gasteiger partial charge in [0.25, 0.3) is 0 Å². The number of rotatable bonds is 4. The first-order chi connectivity index (χ1) is 10.6. The molecule has 0 aliphatic carbocycles. The molecule has 0 radical (unpaired) electrons. The average molecular weight is 345 g/mol. The summed E-state index contributed by atoms with van der Waals surface area (Å²) in [5.41, 5.74) is -0.455. The standard InChI is InChI=1S/C14H14F3N3O2S/c1-9(10-4-2-5-11(8-10)23(18,21)22)19-13-7-3-6-12(20-13)14(15,16)17/h2-9H,1H3,(H,19,20)(H2,18,21,22)/t9-/m0/s1. The van der Waals surface area contributed by atoms with Crippen molar-refractivity contribution in [2.75, 3.05) is 5.32 Å². The number of pyridine rings is 1. The Bertz CT molecular complexity index is 807. The zero-order chi connectivity index (χ0) is 17.3. The van der Waals surface area contributed by atoms with Crippen LogP contribution in [0.5, 0.6) is 0 Å². The van der Waals surface area contributed by atoms with Crippen LogP contribution in [0.1, 0.15) is 24.2 Å². The van der Waals surface area contributed by atoms with Crippen molar-refractivity contribution in [1.82, 2.24) is 4.98 Å². The quantitative estimate of drug-likeness (QED) is 0.892. The van der Waals surface area contributed by atoms with Gasteiger partial charge in [-0.15, -0.1) is 0 Å². The molecule has 0 amide bonds. The molecular weight excluding hydrogens is 331 g/mol. The number of benzene rings is 1. The number of nitrogens with one attached hydrogen (secondary N) is 1. The van der Waals surface area contributed by atoms with E-state index in [0.29, 0.717) is 5.56 Å². The molecule has 23 heavy (non-hydrogen) atoms. The van der Waals surface area contributed by atoms with E-state index < -0.39 is 27.9 Å². The van der Waals surface area contributed by atoms with Gasteiger partial charge < -0.3 is 5.32 Å². The van der Waals surface area contributed by atoms with Crippen LogP contribution in [0.15, 0.2) is 47.4 Å². The molecule has 0 aliphatic heterocycles. The van der Waals surface area contributed by atoms with E-state index in [2.05, 4.69) is 10.3 Å². The van der Waals surface area contributed by atoms with Gasteiger partial charge in [0.1, 0.15) is 11.5 Å². The summed E-state index contributed by atoms with van der Waals surface area (Å²) in [5.74, 6) is 0.0355. The lowest BCUT2D eigenvalue weighted by Crippen LogP contribution is -2.14. The normalized spacial score (nSPS) is 13.6. The number of aromatic nitrogens is 1. The highest BCUT2D eigenvalue weighted by molar-refractivity contribution is 7.89. The van der Waals surface area contributed by atoms with Gasteiger partial charge in [-0.25, -0.2) is 18.5 Å². The highest BCUT2D eigenvalue weighted by atomic mass is 32.2. The molecule has 0 spiro atoms. The number of sulfonamides is 1. The van der Waals surface area contributed by atoms with Gasteiger partial charge >= 0.3 is 6.18 Å². The van der Waals surface area contributed by atoms with Crippen LogP contribution in [0, 0.1) is 0 Å². The van der Waals surface area contributed by atoms with E-state index >= 15 is 0 Å². The Morgan fingerprint density at radius 1 is 1.17 bits per heavy atom. The van der Waals surface area contributed by atoms with Crippen LogP contribution in [0.2, 0.25) is 0 Å². The molecule has 0 saturated heterocycles. The summed E-state index contributed by atoms with van der Waals surface area (Å²) in [4.78, 5) is 3.43. The molecule has 9 heteroatoms. The van der Waals surface area contributed by atoms with Gasteiger partial charge in [0.2, 0.25) is 10.0 Å². The Balaban J connectivity index is 2.25. The molecule has 1 aromatic carbocycles. The average Bonchev–Trinajstić information content (AvgIpc) is 2.46. The lowest BCUT2D eigenvalue weighted by Gasteiger charge is -2.16. The van der Waals surface area contributed by atoms with Crippen molar-refractivity contribution < 1.29 is 21.6 Å². The summed E-state index contributed by atoms with van der Waals surface area (Å²) >= 11 is 0. The van der Waals surface area contributed by atoms with Crippen molar-refractivity contribution in [2.45, 2.75) is 24.0 Å². The molecule has 0 fully saturated rings. The maximum atomic E-state index is 12.6. The molecule has 3 N–H and O–H groups in total. The minimum absolute atomic E-state index is 0.0355. The molecule has 2 rings (SSSR count). The lowest BCUT2D eigenvalue weighted by atomic mass is 10.1. The molecule has 0 aliphatic rings. The predicted octanol–water partition coefficient (Wildman–Crippen LogP) is 2.92. The summed E-state index contributed by atoms with van der Waals surface area (Å²) in [5, 5.41) is 7.86. The first-order valence-corrected chi connectivity index (χ1v) is 8.05. The summed E-state index contributed by atoms with van der Waals surface area (Å²) < 4.78 is 60.6.